The van der Waals surface area contributed by atoms with Crippen LogP contribution in [0.15, 0.2) is 12.7 Å². The van der Waals surface area contributed by atoms with Gasteiger partial charge in [0, 0.05) is 6.08 Å². The third-order valence-corrected chi connectivity index (χ3v) is 3.89. The predicted molar refractivity (Wildman–Crippen MR) is 80.7 cm³/mol. The van der Waals surface area contributed by atoms with Crippen molar-refractivity contribution in [1.82, 2.24) is 0 Å². The highest BCUT2D eigenvalue weighted by molar-refractivity contribution is 7.48. The molecule has 7 heteroatoms. The van der Waals surface area contributed by atoms with Crippen molar-refractivity contribution < 1.29 is 28.4 Å². The van der Waals surface area contributed by atoms with Crippen LogP contribution in [-0.4, -0.2) is 28.7 Å². The second-order valence-electron chi connectivity index (χ2n) is 4.92. The van der Waals surface area contributed by atoms with Crippen molar-refractivity contribution in [3.8, 4) is 0 Å². The molecule has 0 aliphatic rings. The molecule has 0 radical (unpaired) electrons. The van der Waals surface area contributed by atoms with E-state index >= 15 is 0 Å². The van der Waals surface area contributed by atoms with Gasteiger partial charge in [-0.15, -0.1) is 0 Å². The van der Waals surface area contributed by atoms with Crippen LogP contribution >= 0.6 is 7.82 Å². The molecule has 0 spiro atoms. The Morgan fingerprint density at radius 2 is 1.86 bits per heavy atom. The lowest BCUT2D eigenvalue weighted by atomic mass is 10.1. The van der Waals surface area contributed by atoms with Crippen LogP contribution in [-0.2, 0) is 18.4 Å². The molecule has 21 heavy (non-hydrogen) atoms. The summed E-state index contributed by atoms with van der Waals surface area (Å²) in [5.41, 5.74) is 0. The summed E-state index contributed by atoms with van der Waals surface area (Å²) in [6, 6.07) is 0. The van der Waals surface area contributed by atoms with Crippen molar-refractivity contribution in [2.75, 3.05) is 6.61 Å². The molecule has 2 unspecified atom stereocenters. The summed E-state index contributed by atoms with van der Waals surface area (Å²) in [5, 5.41) is 9.70. The lowest BCUT2D eigenvalue weighted by Crippen LogP contribution is -2.11. The normalized spacial score (nSPS) is 15.2. The second kappa shape index (κ2) is 11.9. The van der Waals surface area contributed by atoms with Gasteiger partial charge < -0.3 is 9.63 Å². The molecule has 124 valence electrons. The van der Waals surface area contributed by atoms with Gasteiger partial charge in [-0.2, -0.15) is 0 Å². The van der Waals surface area contributed by atoms with Crippen LogP contribution in [0.1, 0.15) is 58.3 Å². The van der Waals surface area contributed by atoms with E-state index < -0.39 is 19.9 Å². The Balaban J connectivity index is 3.64. The maximum absolute atomic E-state index is 11.3. The highest BCUT2D eigenvalue weighted by atomic mass is 31.2. The monoisotopic (exact) mass is 322 g/mol. The van der Waals surface area contributed by atoms with Crippen molar-refractivity contribution >= 4 is 13.8 Å². The van der Waals surface area contributed by atoms with Crippen LogP contribution in [0.5, 0.6) is 0 Å². The quantitative estimate of drug-likeness (QED) is 0.307. The third kappa shape index (κ3) is 12.8. The first-order valence-electron chi connectivity index (χ1n) is 7.42. The van der Waals surface area contributed by atoms with Crippen molar-refractivity contribution in [3.05, 3.63) is 12.7 Å². The van der Waals surface area contributed by atoms with E-state index in [4.69, 9.17) is 0 Å². The largest absolute Gasteiger partial charge is 0.529 e. The molecule has 0 rings (SSSR count). The van der Waals surface area contributed by atoms with Crippen LogP contribution in [0.4, 0.5) is 0 Å². The molecular weight excluding hydrogens is 295 g/mol. The van der Waals surface area contributed by atoms with E-state index in [0.717, 1.165) is 18.9 Å². The Labute approximate surface area is 126 Å². The first kappa shape index (κ1) is 20.3. The lowest BCUT2D eigenvalue weighted by molar-refractivity contribution is -0.130. The van der Waals surface area contributed by atoms with E-state index in [1.807, 2.05) is 0 Å². The van der Waals surface area contributed by atoms with Gasteiger partial charge in [0.1, 0.15) is 0 Å². The van der Waals surface area contributed by atoms with Crippen LogP contribution in [0.3, 0.4) is 0 Å². The minimum Gasteiger partial charge on any atom is -0.393 e. The van der Waals surface area contributed by atoms with E-state index in [-0.39, 0.29) is 13.0 Å². The number of aliphatic hydroxyl groups is 1. The molecule has 0 amide bonds. The molecule has 0 saturated carbocycles. The van der Waals surface area contributed by atoms with Gasteiger partial charge in [0.15, 0.2) is 0 Å². The first-order chi connectivity index (χ1) is 9.91. The highest BCUT2D eigenvalue weighted by Gasteiger charge is 2.25. The van der Waals surface area contributed by atoms with E-state index in [1.165, 1.54) is 25.7 Å². The maximum atomic E-state index is 11.3. The molecule has 0 heterocycles. The zero-order valence-electron chi connectivity index (χ0n) is 12.7. The molecule has 2 atom stereocenters. The number of phosphoric acid groups is 1. The first-order valence-corrected chi connectivity index (χ1v) is 8.92. The number of carbonyl (C=O) groups is 1. The summed E-state index contributed by atoms with van der Waals surface area (Å²) in [6.07, 6.45) is 7.90. The van der Waals surface area contributed by atoms with Gasteiger partial charge in [0.2, 0.25) is 0 Å². The van der Waals surface area contributed by atoms with Crippen LogP contribution in [0.25, 0.3) is 0 Å². The molecule has 0 aliphatic heterocycles. The SMILES string of the molecule is C=CC(=O)OP(=O)(O)OCCC(O)CCCCCCCC. The Morgan fingerprint density at radius 3 is 2.48 bits per heavy atom. The Hall–Kier alpha value is -0.680. The van der Waals surface area contributed by atoms with Crippen molar-refractivity contribution in [3.63, 3.8) is 0 Å². The van der Waals surface area contributed by atoms with Crippen LogP contribution in [0.2, 0.25) is 0 Å². The lowest BCUT2D eigenvalue weighted by Gasteiger charge is -2.13. The maximum Gasteiger partial charge on any atom is 0.529 e. The topological polar surface area (TPSA) is 93.1 Å². The van der Waals surface area contributed by atoms with Gasteiger partial charge in [0.25, 0.3) is 0 Å². The second-order valence-corrected chi connectivity index (χ2v) is 6.29. The fraction of sp³-hybridized carbons (Fsp3) is 0.786. The zero-order chi connectivity index (χ0) is 16.1. The van der Waals surface area contributed by atoms with Crippen LogP contribution < -0.4 is 0 Å². The van der Waals surface area contributed by atoms with Gasteiger partial charge in [-0.25, -0.2) is 9.36 Å². The summed E-state index contributed by atoms with van der Waals surface area (Å²) >= 11 is 0. The summed E-state index contributed by atoms with van der Waals surface area (Å²) in [7, 11) is -4.40. The van der Waals surface area contributed by atoms with E-state index in [9.17, 15) is 19.4 Å². The molecule has 2 N–H and O–H groups in total. The minimum absolute atomic E-state index is 0.144. The Bertz CT molecular complexity index is 344. The number of carbonyl (C=O) groups excluding carboxylic acids is 1. The number of hydrogen-bond donors (Lipinski definition) is 2. The van der Waals surface area contributed by atoms with Gasteiger partial charge in [-0.1, -0.05) is 52.0 Å². The van der Waals surface area contributed by atoms with Gasteiger partial charge >= 0.3 is 13.8 Å². The number of hydrogen-bond acceptors (Lipinski definition) is 5. The number of rotatable bonds is 13. The predicted octanol–water partition coefficient (Wildman–Crippen LogP) is 3.33. The standard InChI is InChI=1S/C14H27O6P/c1-3-5-6-7-8-9-10-13(15)11-12-19-21(17,18)20-14(16)4-2/h4,13,15H,2-3,5-12H2,1H3,(H,17,18). The summed E-state index contributed by atoms with van der Waals surface area (Å²) < 4.78 is 20.0. The zero-order valence-corrected chi connectivity index (χ0v) is 13.6. The molecule has 0 saturated heterocycles. The number of phosphoric ester groups is 1. The Kier molecular flexibility index (Phi) is 11.5. The molecule has 0 aromatic heterocycles. The Morgan fingerprint density at radius 1 is 1.24 bits per heavy atom. The molecule has 6 nitrogen and oxygen atoms in total. The molecule has 0 bridgehead atoms. The summed E-state index contributed by atoms with van der Waals surface area (Å²) in [5.74, 6) is -1.02. The van der Waals surface area contributed by atoms with Crippen LogP contribution in [0, 0.1) is 0 Å². The molecule has 0 aromatic rings. The molecule has 0 fully saturated rings. The number of unbranched alkanes of at least 4 members (excludes halogenated alkanes) is 5. The highest BCUT2D eigenvalue weighted by Crippen LogP contribution is 2.43. The molecular formula is C14H27O6P. The molecule has 0 aliphatic carbocycles. The fourth-order valence-corrected chi connectivity index (χ4v) is 2.48. The summed E-state index contributed by atoms with van der Waals surface area (Å²) in [6.45, 7) is 5.13. The third-order valence-electron chi connectivity index (χ3n) is 2.97. The van der Waals surface area contributed by atoms with Crippen molar-refractivity contribution in [2.24, 2.45) is 0 Å². The van der Waals surface area contributed by atoms with Crippen molar-refractivity contribution in [1.29, 1.82) is 0 Å². The average molecular weight is 322 g/mol. The van der Waals surface area contributed by atoms with E-state index in [1.54, 1.807) is 0 Å². The fourth-order valence-electron chi connectivity index (χ4n) is 1.79. The van der Waals surface area contributed by atoms with E-state index in [2.05, 4.69) is 22.6 Å². The average Bonchev–Trinajstić information content (AvgIpc) is 2.41. The van der Waals surface area contributed by atoms with Gasteiger partial charge in [-0.05, 0) is 12.8 Å². The van der Waals surface area contributed by atoms with Gasteiger partial charge in [-0.3, -0.25) is 9.42 Å². The smallest absolute Gasteiger partial charge is 0.393 e. The van der Waals surface area contributed by atoms with Gasteiger partial charge in [0.05, 0.1) is 12.7 Å². The van der Waals surface area contributed by atoms with E-state index in [0.29, 0.717) is 6.42 Å². The summed E-state index contributed by atoms with van der Waals surface area (Å²) in [4.78, 5) is 20.0. The molecule has 0 aromatic carbocycles. The van der Waals surface area contributed by atoms with Crippen molar-refractivity contribution in [2.45, 2.75) is 64.4 Å². The number of aliphatic hydroxyl groups excluding tert-OH is 1. The minimum atomic E-state index is -4.40.